The van der Waals surface area contributed by atoms with Crippen molar-refractivity contribution in [1.29, 1.82) is 0 Å². The van der Waals surface area contributed by atoms with E-state index >= 15 is 0 Å². The van der Waals surface area contributed by atoms with Gasteiger partial charge in [0.15, 0.2) is 11.5 Å². The number of ketones is 1. The van der Waals surface area contributed by atoms with Crippen molar-refractivity contribution >= 4 is 22.7 Å². The van der Waals surface area contributed by atoms with E-state index < -0.39 is 11.6 Å². The Kier molecular flexibility index (Phi) is 3.44. The lowest BCUT2D eigenvalue weighted by Gasteiger charge is -2.13. The van der Waals surface area contributed by atoms with Gasteiger partial charge in [-0.1, -0.05) is 0 Å². The Labute approximate surface area is 115 Å². The molecule has 0 aliphatic heterocycles. The number of aryl methyl sites for hydroxylation is 2. The molecule has 0 spiro atoms. The van der Waals surface area contributed by atoms with E-state index in [0.717, 1.165) is 0 Å². The highest BCUT2D eigenvalue weighted by Crippen LogP contribution is 2.34. The first-order chi connectivity index (χ1) is 9.31. The summed E-state index contributed by atoms with van der Waals surface area (Å²) in [5, 5.41) is 0.468. The van der Waals surface area contributed by atoms with Gasteiger partial charge >= 0.3 is 11.6 Å². The van der Waals surface area contributed by atoms with Crippen LogP contribution in [0.25, 0.3) is 11.0 Å². The van der Waals surface area contributed by atoms with Gasteiger partial charge in [0.1, 0.15) is 5.58 Å². The van der Waals surface area contributed by atoms with Crippen LogP contribution in [0.1, 0.15) is 35.3 Å². The van der Waals surface area contributed by atoms with Crippen LogP contribution in [0.2, 0.25) is 0 Å². The van der Waals surface area contributed by atoms with Crippen LogP contribution < -0.4 is 10.4 Å². The second-order valence-electron chi connectivity index (χ2n) is 4.67. The highest BCUT2D eigenvalue weighted by atomic mass is 16.5. The molecule has 0 saturated carbocycles. The molecule has 1 aromatic heterocycles. The van der Waals surface area contributed by atoms with E-state index in [9.17, 15) is 14.4 Å². The summed E-state index contributed by atoms with van der Waals surface area (Å²) in [4.78, 5) is 34.5. The maximum Gasteiger partial charge on any atom is 0.336 e. The van der Waals surface area contributed by atoms with E-state index in [-0.39, 0.29) is 11.5 Å². The van der Waals surface area contributed by atoms with Crippen LogP contribution in [0.5, 0.6) is 5.75 Å². The molecule has 0 bridgehead atoms. The summed E-state index contributed by atoms with van der Waals surface area (Å²) >= 11 is 0. The molecule has 0 aliphatic carbocycles. The molecule has 0 unspecified atom stereocenters. The van der Waals surface area contributed by atoms with Crippen molar-refractivity contribution in [2.75, 3.05) is 0 Å². The predicted octanol–water partition coefficient (Wildman–Crippen LogP) is 2.54. The van der Waals surface area contributed by atoms with E-state index in [1.807, 2.05) is 0 Å². The van der Waals surface area contributed by atoms with Gasteiger partial charge in [-0.3, -0.25) is 9.59 Å². The first kappa shape index (κ1) is 14.0. The van der Waals surface area contributed by atoms with Gasteiger partial charge in [-0.25, -0.2) is 4.79 Å². The molecular formula is C15H14O5. The van der Waals surface area contributed by atoms with E-state index in [4.69, 9.17) is 9.15 Å². The molecule has 2 rings (SSSR count). The molecule has 0 N–H and O–H groups in total. The maximum atomic E-state index is 11.8. The molecule has 0 atom stereocenters. The van der Waals surface area contributed by atoms with Gasteiger partial charge in [0.05, 0.1) is 10.9 Å². The average molecular weight is 274 g/mol. The quantitative estimate of drug-likeness (QED) is 0.364. The lowest BCUT2D eigenvalue weighted by Crippen LogP contribution is -2.10. The molecule has 0 aliphatic rings. The first-order valence-corrected chi connectivity index (χ1v) is 6.08. The molecule has 20 heavy (non-hydrogen) atoms. The molecule has 0 radical (unpaired) electrons. The van der Waals surface area contributed by atoms with Crippen molar-refractivity contribution in [3.8, 4) is 5.75 Å². The normalized spacial score (nSPS) is 10.6. The summed E-state index contributed by atoms with van der Waals surface area (Å²) in [6, 6.07) is 2.90. The third-order valence-corrected chi connectivity index (χ3v) is 2.98. The van der Waals surface area contributed by atoms with Crippen molar-refractivity contribution < 1.29 is 18.7 Å². The minimum Gasteiger partial charge on any atom is -0.425 e. The van der Waals surface area contributed by atoms with Crippen molar-refractivity contribution in [1.82, 2.24) is 0 Å². The largest absolute Gasteiger partial charge is 0.425 e. The zero-order chi connectivity index (χ0) is 15.0. The molecule has 5 nitrogen and oxygen atoms in total. The first-order valence-electron chi connectivity index (χ1n) is 6.08. The van der Waals surface area contributed by atoms with Crippen LogP contribution in [0.3, 0.4) is 0 Å². The van der Waals surface area contributed by atoms with E-state index in [1.54, 1.807) is 19.9 Å². The van der Waals surface area contributed by atoms with Gasteiger partial charge < -0.3 is 9.15 Å². The Hall–Kier alpha value is -2.43. The van der Waals surface area contributed by atoms with Crippen LogP contribution in [0.15, 0.2) is 21.3 Å². The summed E-state index contributed by atoms with van der Waals surface area (Å²) in [6.45, 7) is 6.05. The Bertz CT molecular complexity index is 783. The van der Waals surface area contributed by atoms with Gasteiger partial charge in [0.2, 0.25) is 0 Å². The number of benzene rings is 1. The van der Waals surface area contributed by atoms with Crippen molar-refractivity contribution in [3.05, 3.63) is 39.2 Å². The minimum atomic E-state index is -0.537. The molecule has 0 amide bonds. The molecule has 0 fully saturated rings. The fourth-order valence-electron chi connectivity index (χ4n) is 2.28. The molecule has 1 heterocycles. The number of carbonyl (C=O) groups is 2. The van der Waals surface area contributed by atoms with E-state index in [0.29, 0.717) is 27.7 Å². The third kappa shape index (κ3) is 2.34. The number of rotatable bonds is 2. The Morgan fingerprint density at radius 3 is 2.30 bits per heavy atom. The predicted molar refractivity (Wildman–Crippen MR) is 73.3 cm³/mol. The SMILES string of the molecule is CC(=O)Oc1c(C(C)=O)c(C)cc2oc(=O)cc(C)c12. The highest BCUT2D eigenvalue weighted by molar-refractivity contribution is 6.05. The van der Waals surface area contributed by atoms with Gasteiger partial charge in [0.25, 0.3) is 0 Å². The number of hydrogen-bond acceptors (Lipinski definition) is 5. The molecule has 0 saturated heterocycles. The monoisotopic (exact) mass is 274 g/mol. The molecule has 104 valence electrons. The minimum absolute atomic E-state index is 0.154. The van der Waals surface area contributed by atoms with Crippen LogP contribution in [0, 0.1) is 13.8 Å². The maximum absolute atomic E-state index is 11.8. The van der Waals surface area contributed by atoms with Crippen LogP contribution in [-0.2, 0) is 4.79 Å². The summed E-state index contributed by atoms with van der Waals surface area (Å²) < 4.78 is 10.3. The smallest absolute Gasteiger partial charge is 0.336 e. The van der Waals surface area contributed by atoms with Crippen LogP contribution in [-0.4, -0.2) is 11.8 Å². The molecule has 1 aromatic carbocycles. The van der Waals surface area contributed by atoms with E-state index in [1.165, 1.54) is 19.9 Å². The number of hydrogen-bond donors (Lipinski definition) is 0. The fourth-order valence-corrected chi connectivity index (χ4v) is 2.28. The van der Waals surface area contributed by atoms with Crippen molar-refractivity contribution in [2.24, 2.45) is 0 Å². The summed E-state index contributed by atoms with van der Waals surface area (Å²) in [5.74, 6) is -0.600. The van der Waals surface area contributed by atoms with Gasteiger partial charge in [-0.05, 0) is 38.0 Å². The second kappa shape index (κ2) is 4.92. The third-order valence-electron chi connectivity index (χ3n) is 2.98. The average Bonchev–Trinajstić information content (AvgIpc) is 2.25. The summed E-state index contributed by atoms with van der Waals surface area (Å²) in [7, 11) is 0. The second-order valence-corrected chi connectivity index (χ2v) is 4.67. The van der Waals surface area contributed by atoms with Gasteiger partial charge in [0, 0.05) is 13.0 Å². The summed E-state index contributed by atoms with van der Waals surface area (Å²) in [5.41, 5.74) is 1.32. The number of esters is 1. The fraction of sp³-hybridized carbons (Fsp3) is 0.267. The zero-order valence-electron chi connectivity index (χ0n) is 11.7. The zero-order valence-corrected chi connectivity index (χ0v) is 11.7. The van der Waals surface area contributed by atoms with E-state index in [2.05, 4.69) is 0 Å². The molecular weight excluding hydrogens is 260 g/mol. The molecule has 2 aromatic rings. The number of ether oxygens (including phenoxy) is 1. The lowest BCUT2D eigenvalue weighted by atomic mass is 9.99. The highest BCUT2D eigenvalue weighted by Gasteiger charge is 2.20. The van der Waals surface area contributed by atoms with Gasteiger partial charge in [-0.2, -0.15) is 0 Å². The number of fused-ring (bicyclic) bond motifs is 1. The lowest BCUT2D eigenvalue weighted by molar-refractivity contribution is -0.131. The Morgan fingerprint density at radius 1 is 1.10 bits per heavy atom. The van der Waals surface area contributed by atoms with Crippen LogP contribution in [0.4, 0.5) is 0 Å². The van der Waals surface area contributed by atoms with Crippen molar-refractivity contribution in [3.63, 3.8) is 0 Å². The number of Topliss-reactive ketones (excluding diaryl/α,β-unsaturated/α-hetero) is 1. The number of carbonyl (C=O) groups excluding carboxylic acids is 2. The molecule has 5 heteroatoms. The van der Waals surface area contributed by atoms with Crippen molar-refractivity contribution in [2.45, 2.75) is 27.7 Å². The Balaban J connectivity index is 2.99. The van der Waals surface area contributed by atoms with Gasteiger partial charge in [-0.15, -0.1) is 0 Å². The summed E-state index contributed by atoms with van der Waals surface area (Å²) in [6.07, 6.45) is 0. The van der Waals surface area contributed by atoms with Crippen LogP contribution >= 0.6 is 0 Å². The standard InChI is InChI=1S/C15H14O5/c1-7-5-11-14(8(2)6-12(18)20-11)15(19-10(4)17)13(7)9(3)16/h5-6H,1-4H3. The topological polar surface area (TPSA) is 73.6 Å². The Morgan fingerprint density at radius 2 is 1.75 bits per heavy atom.